The lowest BCUT2D eigenvalue weighted by Gasteiger charge is -2.26. The molecule has 1 amide bonds. The molecule has 0 heterocycles. The van der Waals surface area contributed by atoms with Gasteiger partial charge in [0.2, 0.25) is 5.91 Å². The van der Waals surface area contributed by atoms with Gasteiger partial charge in [0.05, 0.1) is 16.6 Å². The second-order valence-electron chi connectivity index (χ2n) is 10.5. The van der Waals surface area contributed by atoms with Crippen LogP contribution >= 0.6 is 0 Å². The molecule has 4 aromatic carbocycles. The molecule has 6 nitrogen and oxygen atoms in total. The molecular weight excluding hydrogens is 532 g/mol. The number of carbonyl (C=O) groups is 1. The van der Waals surface area contributed by atoms with E-state index in [1.807, 2.05) is 44.2 Å². The van der Waals surface area contributed by atoms with Crippen LogP contribution in [-0.4, -0.2) is 20.9 Å². The summed E-state index contributed by atoms with van der Waals surface area (Å²) in [5.74, 6) is 0.877. The molecule has 1 aliphatic rings. The Morgan fingerprint density at radius 2 is 1.51 bits per heavy atom. The first-order valence-corrected chi connectivity index (χ1v) is 15.6. The molecule has 0 aliphatic heterocycles. The van der Waals surface area contributed by atoms with Crippen molar-refractivity contribution in [3.63, 3.8) is 0 Å². The molecule has 0 radical (unpaired) electrons. The summed E-state index contributed by atoms with van der Waals surface area (Å²) in [4.78, 5) is 13.6. The summed E-state index contributed by atoms with van der Waals surface area (Å²) in [5, 5.41) is 3.10. The van der Waals surface area contributed by atoms with E-state index >= 15 is 0 Å². The maximum absolute atomic E-state index is 13.9. The van der Waals surface area contributed by atoms with Crippen LogP contribution in [0.5, 0.6) is 11.5 Å². The van der Waals surface area contributed by atoms with E-state index in [-0.39, 0.29) is 23.4 Å². The zero-order valence-corrected chi connectivity index (χ0v) is 24.4. The molecule has 0 bridgehead atoms. The number of benzene rings is 4. The summed E-state index contributed by atoms with van der Waals surface area (Å²) in [7, 11) is -4.03. The number of anilines is 1. The molecule has 1 atom stereocenters. The summed E-state index contributed by atoms with van der Waals surface area (Å²) < 4.78 is 34.8. The molecule has 212 valence electrons. The number of nitrogens with one attached hydrogen (secondary N) is 1. The molecule has 0 saturated heterocycles. The lowest BCUT2D eigenvalue weighted by Crippen LogP contribution is -2.42. The minimum atomic E-state index is -4.03. The summed E-state index contributed by atoms with van der Waals surface area (Å²) in [5.41, 5.74) is 5.12. The third-order valence-electron chi connectivity index (χ3n) is 7.52. The third kappa shape index (κ3) is 6.80. The van der Waals surface area contributed by atoms with Gasteiger partial charge in [0.25, 0.3) is 10.0 Å². The molecule has 7 heteroatoms. The van der Waals surface area contributed by atoms with E-state index in [1.165, 1.54) is 28.3 Å². The molecule has 0 unspecified atom stereocenters. The van der Waals surface area contributed by atoms with Crippen LogP contribution in [0, 0.1) is 6.92 Å². The van der Waals surface area contributed by atoms with Crippen LogP contribution < -0.4 is 14.4 Å². The second kappa shape index (κ2) is 12.6. The van der Waals surface area contributed by atoms with Gasteiger partial charge in [-0.05, 0) is 104 Å². The van der Waals surface area contributed by atoms with Gasteiger partial charge in [-0.1, -0.05) is 61.0 Å². The SMILES string of the molecule is CC[C@@H](NC(=O)CN(c1ccc(Oc2ccccc2)cc1)S(=O)(=O)c1ccc(C)cc1)c1ccc2c(c1)CCCC2. The highest BCUT2D eigenvalue weighted by molar-refractivity contribution is 7.92. The first-order valence-electron chi connectivity index (χ1n) is 14.2. The lowest BCUT2D eigenvalue weighted by molar-refractivity contribution is -0.120. The van der Waals surface area contributed by atoms with Gasteiger partial charge in [-0.2, -0.15) is 0 Å². The van der Waals surface area contributed by atoms with Gasteiger partial charge >= 0.3 is 0 Å². The number of nitrogens with zero attached hydrogens (tertiary/aromatic N) is 1. The number of fused-ring (bicyclic) bond motifs is 1. The van der Waals surface area contributed by atoms with Gasteiger partial charge < -0.3 is 10.1 Å². The van der Waals surface area contributed by atoms with Crippen molar-refractivity contribution in [1.82, 2.24) is 5.32 Å². The molecular formula is C34H36N2O4S. The Morgan fingerprint density at radius 3 is 2.20 bits per heavy atom. The molecule has 0 fully saturated rings. The second-order valence-corrected chi connectivity index (χ2v) is 12.4. The van der Waals surface area contributed by atoms with Crippen molar-refractivity contribution in [2.45, 2.75) is 56.9 Å². The van der Waals surface area contributed by atoms with E-state index in [1.54, 1.807) is 48.5 Å². The number of sulfonamides is 1. The predicted molar refractivity (Wildman–Crippen MR) is 163 cm³/mol. The first-order chi connectivity index (χ1) is 19.8. The molecule has 0 aromatic heterocycles. The quantitative estimate of drug-likeness (QED) is 0.221. The Labute approximate surface area is 243 Å². The van der Waals surface area contributed by atoms with E-state index in [2.05, 4.69) is 23.5 Å². The highest BCUT2D eigenvalue weighted by Crippen LogP contribution is 2.29. The van der Waals surface area contributed by atoms with Gasteiger partial charge in [0.15, 0.2) is 0 Å². The van der Waals surface area contributed by atoms with Gasteiger partial charge in [-0.25, -0.2) is 8.42 Å². The van der Waals surface area contributed by atoms with Gasteiger partial charge in [-0.15, -0.1) is 0 Å². The van der Waals surface area contributed by atoms with Crippen LogP contribution in [-0.2, 0) is 27.7 Å². The molecule has 4 aromatic rings. The van der Waals surface area contributed by atoms with E-state index in [0.29, 0.717) is 23.6 Å². The zero-order chi connectivity index (χ0) is 28.8. The van der Waals surface area contributed by atoms with E-state index in [0.717, 1.165) is 24.0 Å². The molecule has 0 spiro atoms. The van der Waals surface area contributed by atoms with Crippen LogP contribution in [0.15, 0.2) is 102 Å². The Kier molecular flexibility index (Phi) is 8.74. The van der Waals surface area contributed by atoms with Crippen molar-refractivity contribution in [2.24, 2.45) is 0 Å². The topological polar surface area (TPSA) is 75.7 Å². The largest absolute Gasteiger partial charge is 0.457 e. The monoisotopic (exact) mass is 568 g/mol. The number of hydrogen-bond acceptors (Lipinski definition) is 4. The van der Waals surface area contributed by atoms with E-state index < -0.39 is 10.0 Å². The first kappa shape index (κ1) is 28.4. The minimum Gasteiger partial charge on any atom is -0.457 e. The summed E-state index contributed by atoms with van der Waals surface area (Å²) in [6, 6.07) is 29.0. The molecule has 41 heavy (non-hydrogen) atoms. The van der Waals surface area contributed by atoms with E-state index in [4.69, 9.17) is 4.74 Å². The summed E-state index contributed by atoms with van der Waals surface area (Å²) >= 11 is 0. The van der Waals surface area contributed by atoms with Crippen molar-refractivity contribution in [2.75, 3.05) is 10.8 Å². The Hall–Kier alpha value is -4.10. The summed E-state index contributed by atoms with van der Waals surface area (Å²) in [6.45, 7) is 3.58. The smallest absolute Gasteiger partial charge is 0.264 e. The van der Waals surface area contributed by atoms with Crippen molar-refractivity contribution >= 4 is 21.6 Å². The molecule has 1 N–H and O–H groups in total. The Morgan fingerprint density at radius 1 is 0.854 bits per heavy atom. The van der Waals surface area contributed by atoms with Crippen LogP contribution in [0.3, 0.4) is 0 Å². The van der Waals surface area contributed by atoms with Crippen molar-refractivity contribution in [1.29, 1.82) is 0 Å². The van der Waals surface area contributed by atoms with Crippen molar-refractivity contribution in [3.05, 3.63) is 119 Å². The summed E-state index contributed by atoms with van der Waals surface area (Å²) in [6.07, 6.45) is 5.24. The standard InChI is InChI=1S/C34H36N2O4S/c1-3-33(28-16-15-26-9-7-8-10-27(26)23-28)35-34(37)24-36(41(38,39)32-21-13-25(2)14-22-32)29-17-19-31(20-18-29)40-30-11-5-4-6-12-30/h4-6,11-23,33H,3,7-10,24H2,1-2H3,(H,35,37)/t33-/m1/s1. The highest BCUT2D eigenvalue weighted by Gasteiger charge is 2.28. The van der Waals surface area contributed by atoms with Crippen molar-refractivity contribution in [3.8, 4) is 11.5 Å². The van der Waals surface area contributed by atoms with Crippen LogP contribution in [0.2, 0.25) is 0 Å². The fourth-order valence-corrected chi connectivity index (χ4v) is 6.64. The number of ether oxygens (including phenoxy) is 1. The molecule has 0 saturated carbocycles. The number of rotatable bonds is 10. The normalized spacial score (nSPS) is 13.6. The fourth-order valence-electron chi connectivity index (χ4n) is 5.22. The van der Waals surface area contributed by atoms with Crippen LogP contribution in [0.1, 0.15) is 54.5 Å². The Balaban J connectivity index is 1.39. The van der Waals surface area contributed by atoms with Gasteiger partial charge in [0.1, 0.15) is 18.0 Å². The lowest BCUT2D eigenvalue weighted by atomic mass is 9.89. The van der Waals surface area contributed by atoms with Gasteiger partial charge in [-0.3, -0.25) is 9.10 Å². The predicted octanol–water partition coefficient (Wildman–Crippen LogP) is 7.13. The van der Waals surface area contributed by atoms with Gasteiger partial charge in [0, 0.05) is 0 Å². The highest BCUT2D eigenvalue weighted by atomic mass is 32.2. The number of aryl methyl sites for hydroxylation is 3. The van der Waals surface area contributed by atoms with Crippen molar-refractivity contribution < 1.29 is 17.9 Å². The molecule has 1 aliphatic carbocycles. The minimum absolute atomic E-state index is 0.127. The maximum Gasteiger partial charge on any atom is 0.264 e. The number of hydrogen-bond donors (Lipinski definition) is 1. The van der Waals surface area contributed by atoms with E-state index in [9.17, 15) is 13.2 Å². The third-order valence-corrected chi connectivity index (χ3v) is 9.31. The fraction of sp³-hybridized carbons (Fsp3) is 0.265. The number of carbonyl (C=O) groups excluding carboxylic acids is 1. The van der Waals surface area contributed by atoms with Crippen LogP contribution in [0.25, 0.3) is 0 Å². The average molecular weight is 569 g/mol. The number of para-hydroxylation sites is 1. The Bertz CT molecular complexity index is 1580. The maximum atomic E-state index is 13.9. The average Bonchev–Trinajstić information content (AvgIpc) is 2.99. The number of amides is 1. The zero-order valence-electron chi connectivity index (χ0n) is 23.5. The molecule has 5 rings (SSSR count). The van der Waals surface area contributed by atoms with Crippen LogP contribution in [0.4, 0.5) is 5.69 Å².